The summed E-state index contributed by atoms with van der Waals surface area (Å²) >= 11 is 0. The van der Waals surface area contributed by atoms with Crippen molar-refractivity contribution in [2.24, 2.45) is 10.7 Å². The van der Waals surface area contributed by atoms with Gasteiger partial charge in [0.15, 0.2) is 5.96 Å². The first kappa shape index (κ1) is 17.3. The molecule has 0 spiro atoms. The molecule has 26 heavy (non-hydrogen) atoms. The zero-order chi connectivity index (χ0) is 18.9. The Hall–Kier alpha value is -3.57. The van der Waals surface area contributed by atoms with E-state index < -0.39 is 5.54 Å². The minimum absolute atomic E-state index is 0.179. The molecule has 2 atom stereocenters. The van der Waals surface area contributed by atoms with E-state index in [9.17, 15) is 5.26 Å². The number of likely N-dealkylation sites (N-methyl/N-ethyl adjacent to an activating group) is 1. The van der Waals surface area contributed by atoms with Gasteiger partial charge < -0.3 is 10.6 Å². The van der Waals surface area contributed by atoms with Crippen molar-refractivity contribution in [2.75, 3.05) is 7.05 Å². The molecule has 0 saturated carbocycles. The quantitative estimate of drug-likeness (QED) is 0.908. The summed E-state index contributed by atoms with van der Waals surface area (Å²) in [5, 5.41) is 18.3. The van der Waals surface area contributed by atoms with Gasteiger partial charge in [0.1, 0.15) is 0 Å². The molecule has 1 heterocycles. The highest BCUT2D eigenvalue weighted by molar-refractivity contribution is 5.82. The molecule has 3 rings (SSSR count). The summed E-state index contributed by atoms with van der Waals surface area (Å²) in [5.74, 6) is 0.200. The molecule has 5 heteroatoms. The molecule has 128 valence electrons. The van der Waals surface area contributed by atoms with Crippen molar-refractivity contribution in [3.05, 3.63) is 83.1 Å². The Morgan fingerprint density at radius 1 is 1.12 bits per heavy atom. The van der Waals surface area contributed by atoms with E-state index in [1.54, 1.807) is 23.1 Å². The second-order valence-electron chi connectivity index (χ2n) is 6.53. The molecule has 0 aromatic heterocycles. The lowest BCUT2D eigenvalue weighted by Gasteiger charge is -2.44. The minimum Gasteiger partial charge on any atom is -0.370 e. The van der Waals surface area contributed by atoms with Crippen molar-refractivity contribution >= 4 is 5.96 Å². The van der Waals surface area contributed by atoms with Crippen LogP contribution in [0.5, 0.6) is 0 Å². The van der Waals surface area contributed by atoms with Gasteiger partial charge in [0, 0.05) is 12.7 Å². The average molecular weight is 341 g/mol. The molecule has 5 nitrogen and oxygen atoms in total. The van der Waals surface area contributed by atoms with Crippen molar-refractivity contribution < 1.29 is 0 Å². The Labute approximate surface area is 153 Å². The fourth-order valence-electron chi connectivity index (χ4n) is 3.44. The summed E-state index contributed by atoms with van der Waals surface area (Å²) < 4.78 is 0. The van der Waals surface area contributed by atoms with Crippen LogP contribution in [0.1, 0.15) is 35.1 Å². The molecule has 2 aromatic rings. The smallest absolute Gasteiger partial charge is 0.196 e. The second kappa shape index (κ2) is 6.38. The van der Waals surface area contributed by atoms with Crippen LogP contribution in [0.3, 0.4) is 0 Å². The topological polar surface area (TPSA) is 89.2 Å². The molecule has 2 N–H and O–H groups in total. The molecule has 0 fully saturated rings. The molecule has 0 amide bonds. The van der Waals surface area contributed by atoms with Crippen molar-refractivity contribution in [1.82, 2.24) is 4.90 Å². The van der Waals surface area contributed by atoms with Crippen molar-refractivity contribution in [1.29, 1.82) is 10.5 Å². The van der Waals surface area contributed by atoms with Crippen molar-refractivity contribution in [3.8, 4) is 12.1 Å². The molecule has 2 aromatic carbocycles. The summed E-state index contributed by atoms with van der Waals surface area (Å²) in [4.78, 5) is 6.55. The van der Waals surface area contributed by atoms with Crippen LogP contribution < -0.4 is 5.73 Å². The number of guanidine groups is 1. The first-order valence-electron chi connectivity index (χ1n) is 8.19. The van der Waals surface area contributed by atoms with Crippen LogP contribution in [0.4, 0.5) is 0 Å². The molecule has 0 saturated heterocycles. The Morgan fingerprint density at radius 2 is 1.77 bits per heavy atom. The zero-order valence-electron chi connectivity index (χ0n) is 14.8. The van der Waals surface area contributed by atoms with Gasteiger partial charge in [-0.15, -0.1) is 0 Å². The normalized spacial score (nSPS) is 22.3. The molecule has 0 aliphatic carbocycles. The van der Waals surface area contributed by atoms with E-state index in [-0.39, 0.29) is 5.92 Å². The Kier molecular flexibility index (Phi) is 4.24. The molecule has 0 radical (unpaired) electrons. The van der Waals surface area contributed by atoms with Crippen LogP contribution in [-0.2, 0) is 5.54 Å². The number of benzene rings is 2. The van der Waals surface area contributed by atoms with E-state index in [2.05, 4.69) is 18.7 Å². The van der Waals surface area contributed by atoms with Crippen LogP contribution >= 0.6 is 0 Å². The molecule has 0 unspecified atom stereocenters. The van der Waals surface area contributed by atoms with Gasteiger partial charge in [-0.1, -0.05) is 30.8 Å². The first-order chi connectivity index (χ1) is 12.4. The standard InChI is InChI=1S/C21H19N5/c1-14-19(17-9-7-15(12-22)8-10-17)21(2,25-20(24)26(14)3)18-6-4-5-16(11-18)13-23/h4-11,19H,1H2,2-3H3,(H2,24,25)/t19-,21+/m0/s1. The van der Waals surface area contributed by atoms with Gasteiger partial charge in [0.2, 0.25) is 0 Å². The number of rotatable bonds is 2. The fourth-order valence-corrected chi connectivity index (χ4v) is 3.44. The minimum atomic E-state index is -0.714. The zero-order valence-corrected chi connectivity index (χ0v) is 14.8. The van der Waals surface area contributed by atoms with Gasteiger partial charge in [-0.05, 0) is 42.3 Å². The van der Waals surface area contributed by atoms with Gasteiger partial charge in [0.05, 0.1) is 34.7 Å². The monoisotopic (exact) mass is 341 g/mol. The largest absolute Gasteiger partial charge is 0.370 e. The maximum absolute atomic E-state index is 9.26. The fraction of sp³-hybridized carbons (Fsp3) is 0.190. The van der Waals surface area contributed by atoms with E-state index in [1.165, 1.54) is 0 Å². The lowest BCUT2D eigenvalue weighted by atomic mass is 9.73. The van der Waals surface area contributed by atoms with Crippen molar-refractivity contribution in [3.63, 3.8) is 0 Å². The van der Waals surface area contributed by atoms with Gasteiger partial charge >= 0.3 is 0 Å². The molecule has 1 aliphatic rings. The van der Waals surface area contributed by atoms with E-state index >= 15 is 0 Å². The summed E-state index contributed by atoms with van der Waals surface area (Å²) in [5.41, 5.74) is 9.29. The van der Waals surface area contributed by atoms with E-state index in [0.717, 1.165) is 16.8 Å². The van der Waals surface area contributed by atoms with Gasteiger partial charge in [-0.25, -0.2) is 4.99 Å². The number of nitrogens with two attached hydrogens (primary N) is 1. The highest BCUT2D eigenvalue weighted by Gasteiger charge is 2.43. The summed E-state index contributed by atoms with van der Waals surface area (Å²) in [6, 6.07) is 19.1. The highest BCUT2D eigenvalue weighted by Crippen LogP contribution is 2.47. The Morgan fingerprint density at radius 3 is 2.38 bits per heavy atom. The van der Waals surface area contributed by atoms with Gasteiger partial charge in [0.25, 0.3) is 0 Å². The Balaban J connectivity index is 2.22. The Bertz CT molecular complexity index is 975. The third-order valence-corrected chi connectivity index (χ3v) is 4.97. The third kappa shape index (κ3) is 2.70. The lowest BCUT2D eigenvalue weighted by Crippen LogP contribution is -2.47. The highest BCUT2D eigenvalue weighted by atomic mass is 15.3. The maximum atomic E-state index is 9.26. The van der Waals surface area contributed by atoms with Crippen LogP contribution in [0, 0.1) is 22.7 Å². The molecular formula is C21H19N5. The van der Waals surface area contributed by atoms with E-state index in [0.29, 0.717) is 17.1 Å². The predicted octanol–water partition coefficient (Wildman–Crippen LogP) is 3.20. The summed E-state index contributed by atoms with van der Waals surface area (Å²) in [7, 11) is 1.84. The molecular weight excluding hydrogens is 322 g/mol. The summed E-state index contributed by atoms with van der Waals surface area (Å²) in [6.07, 6.45) is 0. The lowest BCUT2D eigenvalue weighted by molar-refractivity contribution is 0.350. The van der Waals surface area contributed by atoms with Gasteiger partial charge in [-0.3, -0.25) is 0 Å². The van der Waals surface area contributed by atoms with Crippen LogP contribution in [0.25, 0.3) is 0 Å². The van der Waals surface area contributed by atoms with Gasteiger partial charge in [-0.2, -0.15) is 10.5 Å². The van der Waals surface area contributed by atoms with Crippen LogP contribution in [0.15, 0.2) is 65.8 Å². The van der Waals surface area contributed by atoms with Crippen LogP contribution in [-0.4, -0.2) is 17.9 Å². The average Bonchev–Trinajstić information content (AvgIpc) is 2.67. The second-order valence-corrected chi connectivity index (χ2v) is 6.53. The number of hydrogen-bond donors (Lipinski definition) is 1. The number of nitriles is 2. The van der Waals surface area contributed by atoms with Crippen LogP contribution in [0.2, 0.25) is 0 Å². The maximum Gasteiger partial charge on any atom is 0.196 e. The number of hydrogen-bond acceptors (Lipinski definition) is 5. The first-order valence-corrected chi connectivity index (χ1v) is 8.19. The SMILES string of the molecule is C=C1[C@@H](c2ccc(C#N)cc2)[C@@](C)(c2cccc(C#N)c2)N=C(N)N1C. The molecule has 0 bridgehead atoms. The summed E-state index contributed by atoms with van der Waals surface area (Å²) in [6.45, 7) is 6.24. The third-order valence-electron chi connectivity index (χ3n) is 4.97. The van der Waals surface area contributed by atoms with Crippen molar-refractivity contribution in [2.45, 2.75) is 18.4 Å². The molecule has 1 aliphatic heterocycles. The predicted molar refractivity (Wildman–Crippen MR) is 101 cm³/mol. The number of nitrogens with zero attached hydrogens (tertiary/aromatic N) is 4. The van der Waals surface area contributed by atoms with E-state index in [4.69, 9.17) is 16.0 Å². The number of aliphatic imine (C=N–C) groups is 1. The van der Waals surface area contributed by atoms with E-state index in [1.807, 2.05) is 44.3 Å².